The molecule has 7 nitrogen and oxygen atoms in total. The molecule has 7 heteroatoms. The molecule has 0 spiro atoms. The molecule has 2 heterocycles. The molecule has 1 aromatic heterocycles. The predicted octanol–water partition coefficient (Wildman–Crippen LogP) is 0.587. The van der Waals surface area contributed by atoms with E-state index < -0.39 is 0 Å². The minimum atomic E-state index is -0.267. The van der Waals surface area contributed by atoms with Crippen LogP contribution in [-0.4, -0.2) is 34.8 Å². The first-order valence-electron chi connectivity index (χ1n) is 6.37. The number of carbonyl (C=O) groups excluding carboxylic acids is 2. The molecule has 1 fully saturated rings. The van der Waals surface area contributed by atoms with Crippen LogP contribution in [0.5, 0.6) is 0 Å². The van der Waals surface area contributed by atoms with Crippen LogP contribution in [0.3, 0.4) is 0 Å². The average molecular weight is 275 g/mol. The summed E-state index contributed by atoms with van der Waals surface area (Å²) >= 11 is 0. The predicted molar refractivity (Wildman–Crippen MR) is 67.6 cm³/mol. The fourth-order valence-corrected chi connectivity index (χ4v) is 2.20. The van der Waals surface area contributed by atoms with Crippen LogP contribution in [0.1, 0.15) is 18.4 Å². The minimum absolute atomic E-state index is 0.125. The summed E-state index contributed by atoms with van der Waals surface area (Å²) in [6, 6.07) is 5.19. The van der Waals surface area contributed by atoms with E-state index in [4.69, 9.17) is 4.74 Å². The molecular weight excluding hydrogens is 262 g/mol. The second-order valence-electron chi connectivity index (χ2n) is 4.74. The van der Waals surface area contributed by atoms with Crippen LogP contribution in [0.25, 0.3) is 11.0 Å². The Hall–Kier alpha value is -2.44. The van der Waals surface area contributed by atoms with E-state index in [0.29, 0.717) is 24.1 Å². The molecule has 0 bridgehead atoms. The van der Waals surface area contributed by atoms with E-state index in [9.17, 15) is 9.59 Å². The third-order valence-corrected chi connectivity index (χ3v) is 3.19. The molecule has 1 aromatic carbocycles. The topological polar surface area (TPSA) is 94.3 Å². The Kier molecular flexibility index (Phi) is 3.32. The molecule has 1 saturated heterocycles. The number of nitrogens with one attached hydrogen (secondary N) is 1. The summed E-state index contributed by atoms with van der Waals surface area (Å²) in [5, 5.41) is 10.3. The second-order valence-corrected chi connectivity index (χ2v) is 4.74. The Bertz CT molecular complexity index is 652. The smallest absolute Gasteiger partial charge is 0.307 e. The number of ether oxygens (including phenoxy) is 1. The highest BCUT2D eigenvalue weighted by molar-refractivity contribution is 5.82. The van der Waals surface area contributed by atoms with Gasteiger partial charge in [0.05, 0.1) is 19.4 Å². The molecule has 3 rings (SSSR count). The van der Waals surface area contributed by atoms with E-state index in [2.05, 4.69) is 20.3 Å². The Morgan fingerprint density at radius 2 is 2.20 bits per heavy atom. The van der Waals surface area contributed by atoms with Crippen LogP contribution in [0, 0.1) is 0 Å². The van der Waals surface area contributed by atoms with Crippen molar-refractivity contribution in [2.45, 2.75) is 25.3 Å². The quantitative estimate of drug-likeness (QED) is 0.824. The maximum absolute atomic E-state index is 11.9. The van der Waals surface area contributed by atoms with Gasteiger partial charge in [-0.25, -0.2) is 4.63 Å². The van der Waals surface area contributed by atoms with Crippen molar-refractivity contribution in [3.8, 4) is 0 Å². The summed E-state index contributed by atoms with van der Waals surface area (Å²) in [6.45, 7) is 0.361. The summed E-state index contributed by atoms with van der Waals surface area (Å²) in [6.07, 6.45) is 1.12. The molecule has 1 aliphatic rings. The van der Waals surface area contributed by atoms with Gasteiger partial charge < -0.3 is 10.1 Å². The second kappa shape index (κ2) is 5.28. The van der Waals surface area contributed by atoms with Crippen LogP contribution >= 0.6 is 0 Å². The molecular formula is C13H13N3O4. The zero-order valence-electron chi connectivity index (χ0n) is 10.7. The van der Waals surface area contributed by atoms with E-state index in [1.807, 2.05) is 0 Å². The molecule has 0 aliphatic carbocycles. The monoisotopic (exact) mass is 275 g/mol. The highest BCUT2D eigenvalue weighted by Crippen LogP contribution is 2.13. The summed E-state index contributed by atoms with van der Waals surface area (Å²) < 4.78 is 9.44. The van der Waals surface area contributed by atoms with Gasteiger partial charge in [-0.1, -0.05) is 6.07 Å². The maximum atomic E-state index is 11.9. The lowest BCUT2D eigenvalue weighted by Gasteiger charge is -2.22. The van der Waals surface area contributed by atoms with Crippen molar-refractivity contribution in [3.05, 3.63) is 23.8 Å². The number of amides is 1. The number of hydrogen-bond acceptors (Lipinski definition) is 6. The van der Waals surface area contributed by atoms with Crippen molar-refractivity contribution in [2.75, 3.05) is 6.61 Å². The van der Waals surface area contributed by atoms with Crippen LogP contribution in [0.15, 0.2) is 22.8 Å². The van der Waals surface area contributed by atoms with Crippen LogP contribution in [0.4, 0.5) is 0 Å². The zero-order valence-corrected chi connectivity index (χ0v) is 10.7. The normalized spacial score (nSPS) is 18.8. The van der Waals surface area contributed by atoms with Crippen LogP contribution < -0.4 is 5.32 Å². The third kappa shape index (κ3) is 2.76. The number of fused-ring (bicyclic) bond motifs is 1. The Labute approximate surface area is 114 Å². The van der Waals surface area contributed by atoms with Gasteiger partial charge in [0.25, 0.3) is 0 Å². The van der Waals surface area contributed by atoms with Gasteiger partial charge in [0, 0.05) is 12.5 Å². The van der Waals surface area contributed by atoms with Crippen molar-refractivity contribution in [1.29, 1.82) is 0 Å². The molecule has 0 saturated carbocycles. The highest BCUT2D eigenvalue weighted by atomic mass is 16.6. The van der Waals surface area contributed by atoms with Gasteiger partial charge in [-0.2, -0.15) is 0 Å². The lowest BCUT2D eigenvalue weighted by molar-refractivity contribution is -0.148. The molecule has 1 aliphatic heterocycles. The van der Waals surface area contributed by atoms with E-state index in [1.165, 1.54) is 0 Å². The lowest BCUT2D eigenvalue weighted by atomic mass is 10.1. The lowest BCUT2D eigenvalue weighted by Crippen LogP contribution is -2.41. The van der Waals surface area contributed by atoms with Gasteiger partial charge in [-0.05, 0) is 28.0 Å². The molecule has 2 aromatic rings. The van der Waals surface area contributed by atoms with Gasteiger partial charge in [0.1, 0.15) is 11.0 Å². The van der Waals surface area contributed by atoms with Crippen molar-refractivity contribution in [2.24, 2.45) is 0 Å². The largest absolute Gasteiger partial charge is 0.466 e. The molecule has 0 radical (unpaired) electrons. The Morgan fingerprint density at radius 3 is 3.05 bits per heavy atom. The molecule has 20 heavy (non-hydrogen) atoms. The summed E-state index contributed by atoms with van der Waals surface area (Å²) in [5.74, 6) is -0.392. The number of benzene rings is 1. The summed E-state index contributed by atoms with van der Waals surface area (Å²) in [5.41, 5.74) is 2.10. The number of cyclic esters (lactones) is 1. The maximum Gasteiger partial charge on any atom is 0.307 e. The number of aromatic nitrogens is 2. The molecule has 1 amide bonds. The van der Waals surface area contributed by atoms with Crippen molar-refractivity contribution in [3.63, 3.8) is 0 Å². The van der Waals surface area contributed by atoms with E-state index in [-0.39, 0.29) is 30.8 Å². The first kappa shape index (κ1) is 12.6. The Balaban J connectivity index is 1.61. The van der Waals surface area contributed by atoms with Crippen LogP contribution in [0.2, 0.25) is 0 Å². The first-order valence-corrected chi connectivity index (χ1v) is 6.37. The number of hydrogen-bond donors (Lipinski definition) is 1. The number of carbonyl (C=O) groups is 2. The van der Waals surface area contributed by atoms with Gasteiger partial charge in [0.15, 0.2) is 0 Å². The number of nitrogens with zero attached hydrogens (tertiary/aromatic N) is 2. The van der Waals surface area contributed by atoms with E-state index >= 15 is 0 Å². The van der Waals surface area contributed by atoms with Gasteiger partial charge in [-0.15, -0.1) is 0 Å². The van der Waals surface area contributed by atoms with Gasteiger partial charge in [0.2, 0.25) is 5.91 Å². The summed E-state index contributed by atoms with van der Waals surface area (Å²) in [7, 11) is 0. The number of rotatable bonds is 3. The minimum Gasteiger partial charge on any atom is -0.466 e. The zero-order chi connectivity index (χ0) is 13.9. The molecule has 1 unspecified atom stereocenters. The third-order valence-electron chi connectivity index (χ3n) is 3.19. The molecule has 104 valence electrons. The molecule has 1 N–H and O–H groups in total. The average Bonchev–Trinajstić information content (AvgIpc) is 2.86. The highest BCUT2D eigenvalue weighted by Gasteiger charge is 2.22. The standard InChI is InChI=1S/C13H13N3O4/c17-12(14-9-3-4-19-13(18)7-9)6-8-1-2-10-11(5-8)16-20-15-10/h1-2,5,9H,3-4,6-7H2,(H,14,17). The van der Waals surface area contributed by atoms with Crippen molar-refractivity contribution < 1.29 is 19.0 Å². The van der Waals surface area contributed by atoms with E-state index in [0.717, 1.165) is 5.56 Å². The van der Waals surface area contributed by atoms with Crippen molar-refractivity contribution in [1.82, 2.24) is 15.6 Å². The van der Waals surface area contributed by atoms with E-state index in [1.54, 1.807) is 18.2 Å². The summed E-state index contributed by atoms with van der Waals surface area (Å²) in [4.78, 5) is 23.1. The first-order chi connectivity index (χ1) is 9.70. The van der Waals surface area contributed by atoms with Gasteiger partial charge >= 0.3 is 5.97 Å². The molecule has 1 atom stereocenters. The van der Waals surface area contributed by atoms with Crippen LogP contribution in [-0.2, 0) is 20.7 Å². The fourth-order valence-electron chi connectivity index (χ4n) is 2.20. The Morgan fingerprint density at radius 1 is 1.35 bits per heavy atom. The van der Waals surface area contributed by atoms with Crippen molar-refractivity contribution >= 4 is 22.9 Å². The number of esters is 1. The van der Waals surface area contributed by atoms with Gasteiger partial charge in [-0.3, -0.25) is 9.59 Å². The fraction of sp³-hybridized carbons (Fsp3) is 0.385. The SMILES string of the molecule is O=C(Cc1ccc2nonc2c1)NC1CCOC(=O)C1.